The molecule has 1 rings (SSSR count). The predicted octanol–water partition coefficient (Wildman–Crippen LogP) is 4.65. The van der Waals surface area contributed by atoms with Crippen LogP contribution in [0.3, 0.4) is 0 Å². The highest BCUT2D eigenvalue weighted by molar-refractivity contribution is 5.33. The maximum atomic E-state index is 2.36. The van der Waals surface area contributed by atoms with E-state index in [1.54, 1.807) is 5.57 Å². The largest absolute Gasteiger partial charge is 0.0693 e. The Morgan fingerprint density at radius 1 is 1.21 bits per heavy atom. The standard InChI is InChI=1S/C14H22/c1-11(2)5-8-14-9-12(3)6-7-13(4)10-14/h6-7,9,11H,5,8,10H2,1-4H3. The van der Waals surface area contributed by atoms with Crippen molar-refractivity contribution in [3.8, 4) is 0 Å². The molecule has 0 spiro atoms. The third-order valence-electron chi connectivity index (χ3n) is 2.61. The Balaban J connectivity index is 2.61. The van der Waals surface area contributed by atoms with E-state index in [1.807, 2.05) is 0 Å². The molecular formula is C14H22. The van der Waals surface area contributed by atoms with E-state index in [4.69, 9.17) is 0 Å². The van der Waals surface area contributed by atoms with E-state index in [0.717, 1.165) is 5.92 Å². The van der Waals surface area contributed by atoms with Gasteiger partial charge in [-0.3, -0.25) is 0 Å². The van der Waals surface area contributed by atoms with Crippen molar-refractivity contribution in [2.24, 2.45) is 5.92 Å². The molecule has 0 atom stereocenters. The molecule has 0 heteroatoms. The van der Waals surface area contributed by atoms with Crippen LogP contribution < -0.4 is 0 Å². The lowest BCUT2D eigenvalue weighted by atomic mass is 9.97. The van der Waals surface area contributed by atoms with Crippen LogP contribution in [-0.2, 0) is 0 Å². The maximum absolute atomic E-state index is 2.36. The predicted molar refractivity (Wildman–Crippen MR) is 64.3 cm³/mol. The fourth-order valence-corrected chi connectivity index (χ4v) is 1.75. The van der Waals surface area contributed by atoms with Crippen molar-refractivity contribution in [1.82, 2.24) is 0 Å². The molecular weight excluding hydrogens is 168 g/mol. The zero-order valence-electron chi connectivity index (χ0n) is 9.93. The van der Waals surface area contributed by atoms with E-state index in [9.17, 15) is 0 Å². The molecule has 78 valence electrons. The van der Waals surface area contributed by atoms with Gasteiger partial charge in [0.2, 0.25) is 0 Å². The lowest BCUT2D eigenvalue weighted by Crippen LogP contribution is -1.91. The first-order valence-corrected chi connectivity index (χ1v) is 5.61. The van der Waals surface area contributed by atoms with E-state index < -0.39 is 0 Å². The van der Waals surface area contributed by atoms with E-state index in [2.05, 4.69) is 45.9 Å². The minimum absolute atomic E-state index is 0.813. The summed E-state index contributed by atoms with van der Waals surface area (Å²) >= 11 is 0. The first-order valence-electron chi connectivity index (χ1n) is 5.61. The molecule has 14 heavy (non-hydrogen) atoms. The molecule has 0 aromatic heterocycles. The fraction of sp³-hybridized carbons (Fsp3) is 0.571. The molecule has 0 aliphatic heterocycles. The van der Waals surface area contributed by atoms with Gasteiger partial charge in [-0.1, -0.05) is 48.8 Å². The van der Waals surface area contributed by atoms with Crippen molar-refractivity contribution in [3.05, 3.63) is 34.9 Å². The Kier molecular flexibility index (Phi) is 4.19. The van der Waals surface area contributed by atoms with Gasteiger partial charge < -0.3 is 0 Å². The van der Waals surface area contributed by atoms with Gasteiger partial charge in [0.05, 0.1) is 0 Å². The molecule has 0 N–H and O–H groups in total. The zero-order chi connectivity index (χ0) is 10.6. The van der Waals surface area contributed by atoms with Crippen molar-refractivity contribution in [3.63, 3.8) is 0 Å². The third-order valence-corrected chi connectivity index (χ3v) is 2.61. The summed E-state index contributed by atoms with van der Waals surface area (Å²) in [6.07, 6.45) is 10.6. The molecule has 1 aliphatic rings. The Morgan fingerprint density at radius 3 is 2.57 bits per heavy atom. The zero-order valence-corrected chi connectivity index (χ0v) is 9.93. The van der Waals surface area contributed by atoms with Gasteiger partial charge in [0, 0.05) is 0 Å². The topological polar surface area (TPSA) is 0 Å². The summed E-state index contributed by atoms with van der Waals surface area (Å²) in [6, 6.07) is 0. The molecule has 0 nitrogen and oxygen atoms in total. The summed E-state index contributed by atoms with van der Waals surface area (Å²) in [7, 11) is 0. The molecule has 0 saturated heterocycles. The van der Waals surface area contributed by atoms with Crippen LogP contribution in [0.5, 0.6) is 0 Å². The van der Waals surface area contributed by atoms with E-state index in [1.165, 1.54) is 30.4 Å². The van der Waals surface area contributed by atoms with Crippen molar-refractivity contribution in [2.45, 2.75) is 47.0 Å². The van der Waals surface area contributed by atoms with Gasteiger partial charge in [-0.2, -0.15) is 0 Å². The average Bonchev–Trinajstić information content (AvgIpc) is 2.25. The highest BCUT2D eigenvalue weighted by atomic mass is 14.1. The molecule has 0 bridgehead atoms. The minimum Gasteiger partial charge on any atom is -0.0693 e. The smallest absolute Gasteiger partial charge is 0.0105 e. The minimum atomic E-state index is 0.813. The molecule has 0 amide bonds. The maximum Gasteiger partial charge on any atom is -0.0105 e. The Morgan fingerprint density at radius 2 is 1.93 bits per heavy atom. The van der Waals surface area contributed by atoms with E-state index in [0.29, 0.717) is 0 Å². The number of hydrogen-bond acceptors (Lipinski definition) is 0. The van der Waals surface area contributed by atoms with Crippen LogP contribution in [-0.4, -0.2) is 0 Å². The van der Waals surface area contributed by atoms with Gasteiger partial charge in [-0.25, -0.2) is 0 Å². The molecule has 0 radical (unpaired) electrons. The first kappa shape index (κ1) is 11.3. The van der Waals surface area contributed by atoms with Crippen LogP contribution in [0.15, 0.2) is 34.9 Å². The van der Waals surface area contributed by atoms with Crippen molar-refractivity contribution >= 4 is 0 Å². The second-order valence-corrected chi connectivity index (χ2v) is 4.84. The molecule has 0 unspecified atom stereocenters. The summed E-state index contributed by atoms with van der Waals surface area (Å²) in [4.78, 5) is 0. The summed E-state index contributed by atoms with van der Waals surface area (Å²) in [5.41, 5.74) is 4.47. The molecule has 0 aromatic rings. The molecule has 0 saturated carbocycles. The van der Waals surface area contributed by atoms with Crippen LogP contribution in [0.1, 0.15) is 47.0 Å². The highest BCUT2D eigenvalue weighted by Gasteiger charge is 2.04. The molecule has 1 aliphatic carbocycles. The van der Waals surface area contributed by atoms with Crippen LogP contribution in [0.2, 0.25) is 0 Å². The van der Waals surface area contributed by atoms with Gasteiger partial charge in [0.25, 0.3) is 0 Å². The number of allylic oxidation sites excluding steroid dienone is 6. The number of rotatable bonds is 3. The summed E-state index contributed by atoms with van der Waals surface area (Å²) in [5, 5.41) is 0. The van der Waals surface area contributed by atoms with Crippen molar-refractivity contribution in [2.75, 3.05) is 0 Å². The molecule has 0 fully saturated rings. The van der Waals surface area contributed by atoms with Gasteiger partial charge in [0.15, 0.2) is 0 Å². The normalized spacial score (nSPS) is 17.4. The molecule has 0 aromatic carbocycles. The van der Waals surface area contributed by atoms with Crippen LogP contribution in [0.25, 0.3) is 0 Å². The van der Waals surface area contributed by atoms with E-state index >= 15 is 0 Å². The number of hydrogen-bond donors (Lipinski definition) is 0. The lowest BCUT2D eigenvalue weighted by Gasteiger charge is -2.08. The van der Waals surface area contributed by atoms with Crippen molar-refractivity contribution in [1.29, 1.82) is 0 Å². The Labute approximate surface area is 88.4 Å². The average molecular weight is 190 g/mol. The quantitative estimate of drug-likeness (QED) is 0.608. The molecule has 0 heterocycles. The second-order valence-electron chi connectivity index (χ2n) is 4.84. The monoisotopic (exact) mass is 190 g/mol. The van der Waals surface area contributed by atoms with Crippen LogP contribution in [0.4, 0.5) is 0 Å². The van der Waals surface area contributed by atoms with Crippen LogP contribution in [0, 0.1) is 5.92 Å². The van der Waals surface area contributed by atoms with Crippen LogP contribution >= 0.6 is 0 Å². The summed E-state index contributed by atoms with van der Waals surface area (Å²) in [5.74, 6) is 0.813. The second kappa shape index (κ2) is 5.19. The van der Waals surface area contributed by atoms with Gasteiger partial charge >= 0.3 is 0 Å². The first-order chi connectivity index (χ1) is 6.58. The Bertz CT molecular complexity index is 274. The van der Waals surface area contributed by atoms with Gasteiger partial charge in [-0.15, -0.1) is 0 Å². The summed E-state index contributed by atoms with van der Waals surface area (Å²) in [6.45, 7) is 8.99. The fourth-order valence-electron chi connectivity index (χ4n) is 1.75. The highest BCUT2D eigenvalue weighted by Crippen LogP contribution is 2.22. The SMILES string of the molecule is CC1=CC=C(C)CC(CCC(C)C)=C1. The summed E-state index contributed by atoms with van der Waals surface area (Å²) < 4.78 is 0. The van der Waals surface area contributed by atoms with Crippen molar-refractivity contribution < 1.29 is 0 Å². The lowest BCUT2D eigenvalue weighted by molar-refractivity contribution is 0.580. The van der Waals surface area contributed by atoms with Gasteiger partial charge in [0.1, 0.15) is 0 Å². The van der Waals surface area contributed by atoms with Gasteiger partial charge in [-0.05, 0) is 39.0 Å². The Hall–Kier alpha value is -0.780. The van der Waals surface area contributed by atoms with E-state index in [-0.39, 0.29) is 0 Å². The third kappa shape index (κ3) is 3.95.